The predicted molar refractivity (Wildman–Crippen MR) is 108 cm³/mol. The van der Waals surface area contributed by atoms with Crippen molar-refractivity contribution in [2.24, 2.45) is 0 Å². The molecule has 148 valence electrons. The molecule has 2 aliphatic heterocycles. The van der Waals surface area contributed by atoms with Crippen molar-refractivity contribution in [1.82, 2.24) is 19.9 Å². The van der Waals surface area contributed by atoms with E-state index in [2.05, 4.69) is 10.3 Å². The van der Waals surface area contributed by atoms with Crippen molar-refractivity contribution in [2.75, 3.05) is 31.1 Å². The van der Waals surface area contributed by atoms with Crippen molar-refractivity contribution in [2.45, 2.75) is 32.6 Å². The SMILES string of the molecule is CC.O=C1OCCN1c1cccc2nn3c(C4CCNCC4)cc(=O)[nH]c3c12. The van der Waals surface area contributed by atoms with E-state index in [1.165, 1.54) is 0 Å². The van der Waals surface area contributed by atoms with Crippen molar-refractivity contribution in [3.05, 3.63) is 40.3 Å². The average Bonchev–Trinajstić information content (AvgIpc) is 3.33. The van der Waals surface area contributed by atoms with Crippen molar-refractivity contribution in [3.8, 4) is 0 Å². The summed E-state index contributed by atoms with van der Waals surface area (Å²) in [6.45, 7) is 6.73. The number of carbonyl (C=O) groups excluding carboxylic acids is 1. The Kier molecular flexibility index (Phi) is 5.04. The number of rotatable bonds is 2. The van der Waals surface area contributed by atoms with E-state index in [1.807, 2.05) is 36.6 Å². The largest absolute Gasteiger partial charge is 0.447 e. The number of nitrogens with zero attached hydrogens (tertiary/aromatic N) is 3. The lowest BCUT2D eigenvalue weighted by molar-refractivity contribution is 0.181. The van der Waals surface area contributed by atoms with Crippen molar-refractivity contribution >= 4 is 28.3 Å². The Bertz CT molecular complexity index is 1060. The van der Waals surface area contributed by atoms with E-state index in [9.17, 15) is 9.59 Å². The van der Waals surface area contributed by atoms with Crippen molar-refractivity contribution in [3.63, 3.8) is 0 Å². The molecule has 0 spiro atoms. The minimum Gasteiger partial charge on any atom is -0.447 e. The topological polar surface area (TPSA) is 91.7 Å². The highest BCUT2D eigenvalue weighted by atomic mass is 16.6. The van der Waals surface area contributed by atoms with E-state index in [-0.39, 0.29) is 17.6 Å². The molecule has 8 nitrogen and oxygen atoms in total. The molecule has 2 saturated heterocycles. The molecule has 0 unspecified atom stereocenters. The maximum absolute atomic E-state index is 12.4. The fourth-order valence-electron chi connectivity index (χ4n) is 4.01. The standard InChI is InChI=1S/C18H19N5O3.C2H6/c24-15-10-14(11-4-6-19-7-5-11)23-17(20-15)16-12(21-23)2-1-3-13(16)22-8-9-26-18(22)25;1-2/h1-3,10-11,19H,4-9H2,(H,20,24);1-2H3. The van der Waals surface area contributed by atoms with Gasteiger partial charge in [0.15, 0.2) is 0 Å². The van der Waals surface area contributed by atoms with Crippen LogP contribution in [0.2, 0.25) is 0 Å². The minimum absolute atomic E-state index is 0.147. The summed E-state index contributed by atoms with van der Waals surface area (Å²) in [6.07, 6.45) is 1.58. The van der Waals surface area contributed by atoms with E-state index >= 15 is 0 Å². The first kappa shape index (κ1) is 18.5. The number of benzene rings is 1. The molecule has 0 atom stereocenters. The summed E-state index contributed by atoms with van der Waals surface area (Å²) in [6, 6.07) is 7.29. The Balaban J connectivity index is 0.000000932. The number of piperidine rings is 1. The van der Waals surface area contributed by atoms with Crippen LogP contribution in [0.25, 0.3) is 16.6 Å². The van der Waals surface area contributed by atoms with Crippen LogP contribution < -0.4 is 15.8 Å². The van der Waals surface area contributed by atoms with E-state index in [1.54, 1.807) is 11.0 Å². The third-order valence-corrected chi connectivity index (χ3v) is 5.25. The number of fused-ring (bicyclic) bond motifs is 3. The van der Waals surface area contributed by atoms with Gasteiger partial charge in [0.2, 0.25) is 0 Å². The van der Waals surface area contributed by atoms with Gasteiger partial charge in [-0.3, -0.25) is 9.69 Å². The fourth-order valence-corrected chi connectivity index (χ4v) is 4.01. The lowest BCUT2D eigenvalue weighted by Gasteiger charge is -2.23. The molecule has 2 aromatic heterocycles. The summed E-state index contributed by atoms with van der Waals surface area (Å²) in [7, 11) is 0. The first-order valence-electron chi connectivity index (χ1n) is 9.92. The van der Waals surface area contributed by atoms with Crippen LogP contribution in [-0.2, 0) is 4.74 Å². The highest BCUT2D eigenvalue weighted by molar-refractivity contribution is 6.07. The van der Waals surface area contributed by atoms with Crippen LogP contribution in [0.3, 0.4) is 0 Å². The molecule has 1 aromatic carbocycles. The molecule has 28 heavy (non-hydrogen) atoms. The number of amides is 1. The van der Waals surface area contributed by atoms with Crippen LogP contribution in [0.4, 0.5) is 10.5 Å². The average molecular weight is 383 g/mol. The number of hydrogen-bond acceptors (Lipinski definition) is 5. The van der Waals surface area contributed by atoms with Crippen LogP contribution in [0, 0.1) is 0 Å². The third-order valence-electron chi connectivity index (χ3n) is 5.25. The Morgan fingerprint density at radius 2 is 1.96 bits per heavy atom. The van der Waals surface area contributed by atoms with Crippen LogP contribution in [-0.4, -0.2) is 46.9 Å². The van der Waals surface area contributed by atoms with E-state index < -0.39 is 0 Å². The number of aromatic amines is 1. The molecule has 5 rings (SSSR count). The molecule has 8 heteroatoms. The molecule has 3 aromatic rings. The van der Waals surface area contributed by atoms with Gasteiger partial charge in [-0.2, -0.15) is 5.10 Å². The molecule has 2 aliphatic rings. The Morgan fingerprint density at radius 3 is 2.68 bits per heavy atom. The first-order valence-corrected chi connectivity index (χ1v) is 9.92. The van der Waals surface area contributed by atoms with Gasteiger partial charge in [0.05, 0.1) is 28.8 Å². The first-order chi connectivity index (χ1) is 13.7. The summed E-state index contributed by atoms with van der Waals surface area (Å²) in [4.78, 5) is 28.9. The number of nitrogens with one attached hydrogen (secondary N) is 2. The smallest absolute Gasteiger partial charge is 0.414 e. The molecule has 0 saturated carbocycles. The minimum atomic E-state index is -0.367. The van der Waals surface area contributed by atoms with Crippen LogP contribution in [0.15, 0.2) is 29.1 Å². The Morgan fingerprint density at radius 1 is 1.18 bits per heavy atom. The van der Waals surface area contributed by atoms with Gasteiger partial charge < -0.3 is 15.0 Å². The summed E-state index contributed by atoms with van der Waals surface area (Å²) in [5.41, 5.74) is 2.89. The maximum atomic E-state index is 12.4. The Labute approximate surface area is 162 Å². The van der Waals surface area contributed by atoms with E-state index in [4.69, 9.17) is 9.84 Å². The number of carbonyl (C=O) groups is 1. The zero-order valence-corrected chi connectivity index (χ0v) is 16.2. The molecule has 2 fully saturated rings. The summed E-state index contributed by atoms with van der Waals surface area (Å²) < 4.78 is 6.92. The molecular weight excluding hydrogens is 358 g/mol. The normalized spacial score (nSPS) is 17.6. The zero-order chi connectivity index (χ0) is 19.7. The number of anilines is 1. The third kappa shape index (κ3) is 3.03. The van der Waals surface area contributed by atoms with Gasteiger partial charge in [0, 0.05) is 12.0 Å². The molecule has 0 aliphatic carbocycles. The monoisotopic (exact) mass is 383 g/mol. The maximum Gasteiger partial charge on any atom is 0.414 e. The molecule has 1 amide bonds. The Hall–Kier alpha value is -2.87. The quantitative estimate of drug-likeness (QED) is 0.710. The van der Waals surface area contributed by atoms with Gasteiger partial charge in [-0.25, -0.2) is 9.31 Å². The number of cyclic esters (lactones) is 1. The van der Waals surface area contributed by atoms with Gasteiger partial charge in [-0.15, -0.1) is 0 Å². The van der Waals surface area contributed by atoms with Gasteiger partial charge >= 0.3 is 6.09 Å². The second-order valence-electron chi connectivity index (χ2n) is 6.78. The lowest BCUT2D eigenvalue weighted by Crippen LogP contribution is -2.28. The predicted octanol–water partition coefficient (Wildman–Crippen LogP) is 2.63. The lowest BCUT2D eigenvalue weighted by atomic mass is 9.94. The van der Waals surface area contributed by atoms with Gasteiger partial charge in [0.1, 0.15) is 12.3 Å². The molecule has 4 heterocycles. The van der Waals surface area contributed by atoms with E-state index in [0.29, 0.717) is 18.8 Å². The van der Waals surface area contributed by atoms with E-state index in [0.717, 1.165) is 48.2 Å². The van der Waals surface area contributed by atoms with Crippen molar-refractivity contribution < 1.29 is 9.53 Å². The summed E-state index contributed by atoms with van der Waals surface area (Å²) in [5.74, 6) is 0.288. The highest BCUT2D eigenvalue weighted by Gasteiger charge is 2.28. The van der Waals surface area contributed by atoms with Crippen LogP contribution in [0.5, 0.6) is 0 Å². The molecule has 2 N–H and O–H groups in total. The number of H-pyrrole nitrogens is 1. The molecule has 0 radical (unpaired) electrons. The highest BCUT2D eigenvalue weighted by Crippen LogP contribution is 2.33. The fraction of sp³-hybridized carbons (Fsp3) is 0.450. The van der Waals surface area contributed by atoms with Crippen molar-refractivity contribution in [1.29, 1.82) is 0 Å². The number of aromatic nitrogens is 3. The van der Waals surface area contributed by atoms with Gasteiger partial charge in [-0.05, 0) is 38.1 Å². The second kappa shape index (κ2) is 7.63. The van der Waals surface area contributed by atoms with Crippen LogP contribution in [0.1, 0.15) is 38.3 Å². The number of hydrogen-bond donors (Lipinski definition) is 2. The molecular formula is C20H25N5O3. The molecule has 0 bridgehead atoms. The number of ether oxygens (including phenoxy) is 1. The second-order valence-corrected chi connectivity index (χ2v) is 6.78. The van der Waals surface area contributed by atoms with Crippen LogP contribution >= 0.6 is 0 Å². The summed E-state index contributed by atoms with van der Waals surface area (Å²) >= 11 is 0. The van der Waals surface area contributed by atoms with Gasteiger partial charge in [0.25, 0.3) is 5.56 Å². The van der Waals surface area contributed by atoms with Gasteiger partial charge in [-0.1, -0.05) is 19.9 Å². The summed E-state index contributed by atoms with van der Waals surface area (Å²) in [5, 5.41) is 8.86. The zero-order valence-electron chi connectivity index (χ0n) is 16.2.